The lowest BCUT2D eigenvalue weighted by molar-refractivity contribution is -0.164. The number of esters is 1. The predicted molar refractivity (Wildman–Crippen MR) is 94.4 cm³/mol. The highest BCUT2D eigenvalue weighted by Crippen LogP contribution is 2.43. The van der Waals surface area contributed by atoms with Gasteiger partial charge in [0.25, 0.3) is 5.91 Å². The molecular weight excluding hydrogens is 332 g/mol. The molecule has 0 aromatic heterocycles. The van der Waals surface area contributed by atoms with Gasteiger partial charge in [-0.05, 0) is 31.0 Å². The molecule has 2 heterocycles. The van der Waals surface area contributed by atoms with E-state index in [1.807, 2.05) is 31.2 Å². The van der Waals surface area contributed by atoms with Crippen LogP contribution < -0.4 is 10.6 Å². The topological polar surface area (TPSA) is 84.5 Å². The normalized spacial score (nSPS) is 24.0. The van der Waals surface area contributed by atoms with Gasteiger partial charge in [0.05, 0.1) is 11.6 Å². The molecule has 0 radical (unpaired) electrons. The Morgan fingerprint density at radius 2 is 1.88 bits per heavy atom. The summed E-state index contributed by atoms with van der Waals surface area (Å²) in [4.78, 5) is 37.3. The first-order valence-corrected chi connectivity index (χ1v) is 8.51. The number of carbonyl (C=O) groups excluding carboxylic acids is 3. The van der Waals surface area contributed by atoms with E-state index in [0.717, 1.165) is 11.1 Å². The molecule has 2 N–H and O–H groups in total. The highest BCUT2D eigenvalue weighted by atomic mass is 16.5. The van der Waals surface area contributed by atoms with Crippen molar-refractivity contribution in [3.63, 3.8) is 0 Å². The van der Waals surface area contributed by atoms with Crippen LogP contribution in [0.3, 0.4) is 0 Å². The maximum atomic E-state index is 12.5. The van der Waals surface area contributed by atoms with E-state index in [0.29, 0.717) is 11.3 Å². The van der Waals surface area contributed by atoms with Gasteiger partial charge in [-0.1, -0.05) is 36.4 Å². The summed E-state index contributed by atoms with van der Waals surface area (Å²) >= 11 is 0. The first kappa shape index (κ1) is 16.3. The van der Waals surface area contributed by atoms with Gasteiger partial charge in [0, 0.05) is 11.1 Å². The van der Waals surface area contributed by atoms with Crippen LogP contribution in [0.1, 0.15) is 34.0 Å². The number of fused-ring (bicyclic) bond motifs is 3. The number of carbonyl (C=O) groups is 3. The van der Waals surface area contributed by atoms with Gasteiger partial charge in [-0.2, -0.15) is 0 Å². The summed E-state index contributed by atoms with van der Waals surface area (Å²) < 4.78 is 5.58. The van der Waals surface area contributed by atoms with Crippen molar-refractivity contribution in [2.45, 2.75) is 25.5 Å². The SMILES string of the molecule is Cc1cccc2c1NC(=O)[C@@H]1C[C@@H](NC(=O)c3ccccc3)C(=O)O[C@@H]21. The Kier molecular flexibility index (Phi) is 3.95. The molecule has 0 aliphatic carbocycles. The number of anilines is 1. The van der Waals surface area contributed by atoms with Crippen LogP contribution in [-0.4, -0.2) is 23.8 Å². The molecule has 3 atom stereocenters. The number of hydrogen-bond donors (Lipinski definition) is 2. The maximum Gasteiger partial charge on any atom is 0.329 e. The van der Waals surface area contributed by atoms with Crippen LogP contribution in [0.4, 0.5) is 5.69 Å². The van der Waals surface area contributed by atoms with E-state index < -0.39 is 24.0 Å². The first-order valence-electron chi connectivity index (χ1n) is 8.51. The Hall–Kier alpha value is -3.15. The van der Waals surface area contributed by atoms with Gasteiger partial charge in [-0.3, -0.25) is 9.59 Å². The Balaban J connectivity index is 1.57. The Labute approximate surface area is 150 Å². The number of para-hydroxylation sites is 1. The summed E-state index contributed by atoms with van der Waals surface area (Å²) in [6, 6.07) is 13.4. The largest absolute Gasteiger partial charge is 0.455 e. The molecule has 0 saturated carbocycles. The second-order valence-corrected chi connectivity index (χ2v) is 6.62. The standard InChI is InChI=1S/C20H18N2O4/c1-11-6-5-9-13-16(11)22-19(24)14-10-15(20(25)26-17(13)14)21-18(23)12-7-3-2-4-8-12/h2-9,14-15,17H,10H2,1H3,(H,21,23)(H,22,24)/t14-,15-,17+/m1/s1. The average molecular weight is 350 g/mol. The summed E-state index contributed by atoms with van der Waals surface area (Å²) in [6.07, 6.45) is -0.405. The molecule has 2 aliphatic rings. The fourth-order valence-corrected chi connectivity index (χ4v) is 3.55. The minimum Gasteiger partial charge on any atom is -0.455 e. The number of benzene rings is 2. The molecule has 1 saturated heterocycles. The molecule has 0 unspecified atom stereocenters. The van der Waals surface area contributed by atoms with Crippen molar-refractivity contribution in [3.05, 3.63) is 65.2 Å². The van der Waals surface area contributed by atoms with Crippen LogP contribution in [0.5, 0.6) is 0 Å². The minimum absolute atomic E-state index is 0.191. The number of rotatable bonds is 2. The van der Waals surface area contributed by atoms with E-state index in [9.17, 15) is 14.4 Å². The summed E-state index contributed by atoms with van der Waals surface area (Å²) in [5, 5.41) is 5.59. The third-order valence-corrected chi connectivity index (χ3v) is 4.92. The lowest BCUT2D eigenvalue weighted by Gasteiger charge is -2.39. The van der Waals surface area contributed by atoms with Crippen LogP contribution in [0.25, 0.3) is 0 Å². The molecular formula is C20H18N2O4. The monoisotopic (exact) mass is 350 g/mol. The fourth-order valence-electron chi connectivity index (χ4n) is 3.55. The molecule has 0 spiro atoms. The van der Waals surface area contributed by atoms with Crippen molar-refractivity contribution in [1.82, 2.24) is 5.32 Å². The van der Waals surface area contributed by atoms with E-state index in [2.05, 4.69) is 10.6 Å². The number of aryl methyl sites for hydroxylation is 1. The van der Waals surface area contributed by atoms with Crippen molar-refractivity contribution in [3.8, 4) is 0 Å². The van der Waals surface area contributed by atoms with Gasteiger partial charge in [-0.25, -0.2) is 4.79 Å². The molecule has 1 fully saturated rings. The van der Waals surface area contributed by atoms with Crippen molar-refractivity contribution in [1.29, 1.82) is 0 Å². The molecule has 2 aromatic carbocycles. The van der Waals surface area contributed by atoms with E-state index in [-0.39, 0.29) is 18.2 Å². The van der Waals surface area contributed by atoms with Crippen molar-refractivity contribution in [2.24, 2.45) is 5.92 Å². The molecule has 26 heavy (non-hydrogen) atoms. The van der Waals surface area contributed by atoms with Gasteiger partial charge in [0.15, 0.2) is 0 Å². The smallest absolute Gasteiger partial charge is 0.329 e. The molecule has 2 aromatic rings. The predicted octanol–water partition coefficient (Wildman–Crippen LogP) is 2.35. The zero-order valence-corrected chi connectivity index (χ0v) is 14.2. The second kappa shape index (κ2) is 6.29. The van der Waals surface area contributed by atoms with Crippen LogP contribution in [0.2, 0.25) is 0 Å². The van der Waals surface area contributed by atoms with Gasteiger partial charge in [-0.15, -0.1) is 0 Å². The highest BCUT2D eigenvalue weighted by Gasteiger charge is 2.46. The van der Waals surface area contributed by atoms with Crippen LogP contribution in [0.15, 0.2) is 48.5 Å². The molecule has 6 heteroatoms. The Bertz CT molecular complexity index is 894. The molecule has 2 amide bonds. The van der Waals surface area contributed by atoms with Crippen molar-refractivity contribution in [2.75, 3.05) is 5.32 Å². The molecule has 132 valence electrons. The summed E-state index contributed by atoms with van der Waals surface area (Å²) in [5.74, 6) is -1.59. The summed E-state index contributed by atoms with van der Waals surface area (Å²) in [7, 11) is 0. The molecule has 0 bridgehead atoms. The van der Waals surface area contributed by atoms with Gasteiger partial charge < -0.3 is 15.4 Å². The van der Waals surface area contributed by atoms with Gasteiger partial charge in [0.2, 0.25) is 5.91 Å². The van der Waals surface area contributed by atoms with E-state index in [4.69, 9.17) is 4.74 Å². The van der Waals surface area contributed by atoms with Crippen molar-refractivity contribution < 1.29 is 19.1 Å². The third-order valence-electron chi connectivity index (χ3n) is 4.92. The average Bonchev–Trinajstić information content (AvgIpc) is 2.64. The quantitative estimate of drug-likeness (QED) is 0.815. The van der Waals surface area contributed by atoms with Gasteiger partial charge >= 0.3 is 5.97 Å². The summed E-state index contributed by atoms with van der Waals surface area (Å²) in [5.41, 5.74) is 2.88. The molecule has 6 nitrogen and oxygen atoms in total. The van der Waals surface area contributed by atoms with Crippen LogP contribution >= 0.6 is 0 Å². The lowest BCUT2D eigenvalue weighted by atomic mass is 9.82. The molecule has 2 aliphatic heterocycles. The van der Waals surface area contributed by atoms with E-state index in [1.54, 1.807) is 24.3 Å². The third kappa shape index (κ3) is 2.73. The number of ether oxygens (including phenoxy) is 1. The Morgan fingerprint density at radius 1 is 1.12 bits per heavy atom. The number of amides is 2. The zero-order chi connectivity index (χ0) is 18.3. The summed E-state index contributed by atoms with van der Waals surface area (Å²) in [6.45, 7) is 1.90. The number of nitrogens with one attached hydrogen (secondary N) is 2. The van der Waals surface area contributed by atoms with Crippen molar-refractivity contribution >= 4 is 23.5 Å². The fraction of sp³-hybridized carbons (Fsp3) is 0.250. The molecule has 4 rings (SSSR count). The first-order chi connectivity index (χ1) is 12.5. The van der Waals surface area contributed by atoms with E-state index >= 15 is 0 Å². The lowest BCUT2D eigenvalue weighted by Crippen LogP contribution is -2.51. The van der Waals surface area contributed by atoms with Crippen LogP contribution in [-0.2, 0) is 14.3 Å². The number of hydrogen-bond acceptors (Lipinski definition) is 4. The minimum atomic E-state index is -0.846. The Morgan fingerprint density at radius 3 is 2.65 bits per heavy atom. The van der Waals surface area contributed by atoms with E-state index in [1.165, 1.54) is 0 Å². The van der Waals surface area contributed by atoms with Gasteiger partial charge in [0.1, 0.15) is 12.1 Å². The maximum absolute atomic E-state index is 12.5. The zero-order valence-electron chi connectivity index (χ0n) is 14.2. The second-order valence-electron chi connectivity index (χ2n) is 6.62. The highest BCUT2D eigenvalue weighted by molar-refractivity contribution is 6.00. The van der Waals surface area contributed by atoms with Crippen LogP contribution in [0, 0.1) is 12.8 Å².